The van der Waals surface area contributed by atoms with Crippen molar-refractivity contribution in [3.63, 3.8) is 0 Å². The molecule has 0 fully saturated rings. The Balaban J connectivity index is 2.48. The number of hydrogen-bond acceptors (Lipinski definition) is 3. The van der Waals surface area contributed by atoms with E-state index in [1.807, 2.05) is 37.9 Å². The van der Waals surface area contributed by atoms with Crippen molar-refractivity contribution in [2.75, 3.05) is 23.0 Å². The predicted octanol–water partition coefficient (Wildman–Crippen LogP) is 2.58. The molecule has 1 aromatic carbocycles. The first-order valence-electron chi connectivity index (χ1n) is 5.40. The van der Waals surface area contributed by atoms with Crippen LogP contribution in [0.4, 0.5) is 11.4 Å². The second-order valence-electron chi connectivity index (χ2n) is 4.08. The van der Waals surface area contributed by atoms with Crippen LogP contribution in [0.25, 0.3) is 0 Å². The third kappa shape index (κ3) is 1.89. The molecule has 1 N–H and O–H groups in total. The molecule has 0 atom stereocenters. The molecule has 2 rings (SSSR count). The van der Waals surface area contributed by atoms with Gasteiger partial charge in [0.15, 0.2) is 0 Å². The summed E-state index contributed by atoms with van der Waals surface area (Å²) in [5.41, 5.74) is 2.07. The molecule has 86 valence electrons. The Labute approximate surface area is 100 Å². The van der Waals surface area contributed by atoms with Crippen molar-refractivity contribution in [2.24, 2.45) is 0 Å². The lowest BCUT2D eigenvalue weighted by Gasteiger charge is -2.32. The second-order valence-corrected chi connectivity index (χ2v) is 5.10. The third-order valence-electron chi connectivity index (χ3n) is 2.64. The van der Waals surface area contributed by atoms with Crippen LogP contribution in [0.1, 0.15) is 13.8 Å². The van der Waals surface area contributed by atoms with Crippen LogP contribution in [0.3, 0.4) is 0 Å². The Bertz CT molecular complexity index is 417. The molecule has 0 bridgehead atoms. The summed E-state index contributed by atoms with van der Waals surface area (Å²) in [5, 5.41) is 3.10. The summed E-state index contributed by atoms with van der Waals surface area (Å²) in [5.74, 6) is 0.741. The summed E-state index contributed by atoms with van der Waals surface area (Å²) in [4.78, 5) is 15.0. The standard InChI is InChI=1S/C12H16N2OS/c1-8(2)14-10-6-9(13-3)4-5-11(10)16-7-12(14)15/h4-6,8,13H,7H2,1-3H3. The summed E-state index contributed by atoms with van der Waals surface area (Å²) >= 11 is 1.62. The van der Waals surface area contributed by atoms with Gasteiger partial charge in [0, 0.05) is 23.7 Å². The van der Waals surface area contributed by atoms with E-state index in [1.54, 1.807) is 11.8 Å². The number of anilines is 2. The van der Waals surface area contributed by atoms with Crippen molar-refractivity contribution in [2.45, 2.75) is 24.8 Å². The van der Waals surface area contributed by atoms with Crippen LogP contribution in [-0.4, -0.2) is 24.7 Å². The highest BCUT2D eigenvalue weighted by molar-refractivity contribution is 8.00. The second kappa shape index (κ2) is 4.37. The fourth-order valence-corrected chi connectivity index (χ4v) is 2.78. The lowest BCUT2D eigenvalue weighted by atomic mass is 10.2. The molecule has 3 nitrogen and oxygen atoms in total. The van der Waals surface area contributed by atoms with Crippen molar-refractivity contribution in [1.82, 2.24) is 0 Å². The zero-order chi connectivity index (χ0) is 11.7. The number of carbonyl (C=O) groups excluding carboxylic acids is 1. The molecule has 0 aromatic heterocycles. The first-order valence-corrected chi connectivity index (χ1v) is 6.38. The number of thioether (sulfide) groups is 1. The highest BCUT2D eigenvalue weighted by Crippen LogP contribution is 2.37. The Morgan fingerprint density at radius 2 is 2.19 bits per heavy atom. The third-order valence-corrected chi connectivity index (χ3v) is 3.69. The Morgan fingerprint density at radius 3 is 2.81 bits per heavy atom. The number of fused-ring (bicyclic) bond motifs is 1. The predicted molar refractivity (Wildman–Crippen MR) is 69.3 cm³/mol. The average molecular weight is 236 g/mol. The van der Waals surface area contributed by atoms with E-state index < -0.39 is 0 Å². The number of rotatable bonds is 2. The maximum Gasteiger partial charge on any atom is 0.237 e. The summed E-state index contributed by atoms with van der Waals surface area (Å²) < 4.78 is 0. The minimum absolute atomic E-state index is 0.195. The highest BCUT2D eigenvalue weighted by Gasteiger charge is 2.26. The largest absolute Gasteiger partial charge is 0.388 e. The van der Waals surface area contributed by atoms with Crippen LogP contribution in [-0.2, 0) is 4.79 Å². The van der Waals surface area contributed by atoms with Gasteiger partial charge in [0.2, 0.25) is 5.91 Å². The van der Waals surface area contributed by atoms with E-state index >= 15 is 0 Å². The van der Waals surface area contributed by atoms with Gasteiger partial charge in [-0.05, 0) is 32.0 Å². The van der Waals surface area contributed by atoms with Gasteiger partial charge in [-0.1, -0.05) is 0 Å². The van der Waals surface area contributed by atoms with Gasteiger partial charge in [-0.15, -0.1) is 11.8 Å². The maximum absolute atomic E-state index is 11.9. The summed E-state index contributed by atoms with van der Waals surface area (Å²) in [6.07, 6.45) is 0. The number of nitrogens with zero attached hydrogens (tertiary/aromatic N) is 1. The van der Waals surface area contributed by atoms with E-state index in [4.69, 9.17) is 0 Å². The fraction of sp³-hybridized carbons (Fsp3) is 0.417. The number of carbonyl (C=O) groups is 1. The molecule has 0 saturated heterocycles. The van der Waals surface area contributed by atoms with Crippen molar-refractivity contribution in [3.05, 3.63) is 18.2 Å². The molecule has 4 heteroatoms. The fourth-order valence-electron chi connectivity index (χ4n) is 1.89. The minimum atomic E-state index is 0.195. The van der Waals surface area contributed by atoms with E-state index in [9.17, 15) is 4.79 Å². The topological polar surface area (TPSA) is 32.3 Å². The maximum atomic E-state index is 11.9. The van der Waals surface area contributed by atoms with Gasteiger partial charge in [0.1, 0.15) is 0 Å². The molecule has 0 unspecified atom stereocenters. The van der Waals surface area contributed by atoms with E-state index in [1.165, 1.54) is 4.90 Å². The average Bonchev–Trinajstić information content (AvgIpc) is 2.27. The summed E-state index contributed by atoms with van der Waals surface area (Å²) in [6.45, 7) is 4.09. The van der Waals surface area contributed by atoms with Gasteiger partial charge in [0.05, 0.1) is 11.4 Å². The molecule has 0 aliphatic carbocycles. The first-order chi connectivity index (χ1) is 7.63. The number of hydrogen-bond donors (Lipinski definition) is 1. The molecule has 1 aliphatic rings. The lowest BCUT2D eigenvalue weighted by molar-refractivity contribution is -0.116. The van der Waals surface area contributed by atoms with Crippen LogP contribution >= 0.6 is 11.8 Å². The number of benzene rings is 1. The van der Waals surface area contributed by atoms with E-state index in [0.29, 0.717) is 5.75 Å². The van der Waals surface area contributed by atoms with Crippen molar-refractivity contribution >= 4 is 29.0 Å². The minimum Gasteiger partial charge on any atom is -0.388 e. The lowest BCUT2D eigenvalue weighted by Crippen LogP contribution is -2.40. The molecular formula is C12H16N2OS. The Kier molecular flexibility index (Phi) is 3.10. The zero-order valence-corrected chi connectivity index (χ0v) is 10.6. The Hall–Kier alpha value is -1.16. The van der Waals surface area contributed by atoms with Crippen molar-refractivity contribution in [3.8, 4) is 0 Å². The SMILES string of the molecule is CNc1ccc2c(c1)N(C(C)C)C(=O)CS2. The molecular weight excluding hydrogens is 220 g/mol. The van der Waals surface area contributed by atoms with Gasteiger partial charge in [-0.2, -0.15) is 0 Å². The Morgan fingerprint density at radius 1 is 1.44 bits per heavy atom. The highest BCUT2D eigenvalue weighted by atomic mass is 32.2. The summed E-state index contributed by atoms with van der Waals surface area (Å²) in [7, 11) is 1.89. The molecule has 1 amide bonds. The molecule has 0 radical (unpaired) electrons. The molecule has 0 saturated carbocycles. The van der Waals surface area contributed by atoms with Crippen molar-refractivity contribution in [1.29, 1.82) is 0 Å². The smallest absolute Gasteiger partial charge is 0.237 e. The van der Waals surface area contributed by atoms with Crippen LogP contribution in [0.15, 0.2) is 23.1 Å². The van der Waals surface area contributed by atoms with Crippen LogP contribution in [0.2, 0.25) is 0 Å². The van der Waals surface area contributed by atoms with Gasteiger partial charge in [-0.25, -0.2) is 0 Å². The molecule has 1 aliphatic heterocycles. The van der Waals surface area contributed by atoms with E-state index in [-0.39, 0.29) is 11.9 Å². The van der Waals surface area contributed by atoms with Crippen LogP contribution in [0.5, 0.6) is 0 Å². The zero-order valence-electron chi connectivity index (χ0n) is 9.78. The molecule has 0 spiro atoms. The normalized spacial score (nSPS) is 15.2. The monoisotopic (exact) mass is 236 g/mol. The number of amides is 1. The van der Waals surface area contributed by atoms with Crippen LogP contribution in [0, 0.1) is 0 Å². The number of nitrogens with one attached hydrogen (secondary N) is 1. The molecule has 1 aromatic rings. The molecule has 1 heterocycles. The van der Waals surface area contributed by atoms with E-state index in [0.717, 1.165) is 11.4 Å². The van der Waals surface area contributed by atoms with Gasteiger partial charge in [0.25, 0.3) is 0 Å². The quantitative estimate of drug-likeness (QED) is 0.856. The first kappa shape index (κ1) is 11.3. The molecule has 16 heavy (non-hydrogen) atoms. The van der Waals surface area contributed by atoms with Gasteiger partial charge < -0.3 is 10.2 Å². The van der Waals surface area contributed by atoms with E-state index in [2.05, 4.69) is 11.4 Å². The van der Waals surface area contributed by atoms with Gasteiger partial charge in [-0.3, -0.25) is 4.79 Å². The van der Waals surface area contributed by atoms with Gasteiger partial charge >= 0.3 is 0 Å². The van der Waals surface area contributed by atoms with Crippen LogP contribution < -0.4 is 10.2 Å². The summed E-state index contributed by atoms with van der Waals surface area (Å²) in [6, 6.07) is 6.37. The van der Waals surface area contributed by atoms with Crippen molar-refractivity contribution < 1.29 is 4.79 Å².